The number of hydrogen-bond donors (Lipinski definition) is 2. The number of aliphatic hydroxyl groups excluding tert-OH is 1. The third-order valence-electron chi connectivity index (χ3n) is 6.01. The Kier molecular flexibility index (Phi) is 7.10. The summed E-state index contributed by atoms with van der Waals surface area (Å²) in [6.45, 7) is 5.70. The average Bonchev–Trinajstić information content (AvgIpc) is 3.24. The molecule has 3 atom stereocenters. The standard InChI is InChI=1S/C25H26Cl2FN3O2/c1-14-9-10-31(13-14)25(32)17-5-3-16(4-6-17)18-11-21(24(29)30-12-18)33-15(2)22-19(26)7-8-20(28)23(22)27/h3-8,11-12,14-15,25,32H,9-10,13H2,1-2H3,(H2,29,30). The minimum Gasteiger partial charge on any atom is -0.482 e. The van der Waals surface area contributed by atoms with Crippen LogP contribution in [0.5, 0.6) is 5.75 Å². The number of hydrogen-bond acceptors (Lipinski definition) is 5. The van der Waals surface area contributed by atoms with Crippen molar-refractivity contribution in [2.75, 3.05) is 18.8 Å². The predicted molar refractivity (Wildman–Crippen MR) is 130 cm³/mol. The fraction of sp³-hybridized carbons (Fsp3) is 0.320. The lowest BCUT2D eigenvalue weighted by Gasteiger charge is -2.23. The van der Waals surface area contributed by atoms with Crippen molar-refractivity contribution < 1.29 is 14.2 Å². The van der Waals surface area contributed by atoms with Gasteiger partial charge in [0, 0.05) is 35.4 Å². The maximum atomic E-state index is 13.9. The summed E-state index contributed by atoms with van der Waals surface area (Å²) < 4.78 is 19.9. The summed E-state index contributed by atoms with van der Waals surface area (Å²) in [6, 6.07) is 12.1. The topological polar surface area (TPSA) is 71.6 Å². The highest BCUT2D eigenvalue weighted by molar-refractivity contribution is 6.36. The van der Waals surface area contributed by atoms with Crippen LogP contribution < -0.4 is 10.5 Å². The predicted octanol–water partition coefficient (Wildman–Crippen LogP) is 6.25. The molecule has 0 aliphatic carbocycles. The second-order valence-corrected chi connectivity index (χ2v) is 9.29. The Morgan fingerprint density at radius 3 is 2.58 bits per heavy atom. The number of aliphatic hydroxyl groups is 1. The lowest BCUT2D eigenvalue weighted by molar-refractivity contribution is 0.0168. The second-order valence-electron chi connectivity index (χ2n) is 8.51. The molecule has 0 amide bonds. The smallest absolute Gasteiger partial charge is 0.166 e. The Balaban J connectivity index is 1.54. The van der Waals surface area contributed by atoms with Crippen LogP contribution in [0.3, 0.4) is 0 Å². The van der Waals surface area contributed by atoms with Crippen molar-refractivity contribution >= 4 is 29.0 Å². The Morgan fingerprint density at radius 1 is 1.18 bits per heavy atom. The first-order chi connectivity index (χ1) is 15.7. The summed E-state index contributed by atoms with van der Waals surface area (Å²) in [6.07, 6.45) is 1.48. The summed E-state index contributed by atoms with van der Waals surface area (Å²) in [5.41, 5.74) is 8.91. The first kappa shape index (κ1) is 23.8. The summed E-state index contributed by atoms with van der Waals surface area (Å²) in [4.78, 5) is 6.33. The quantitative estimate of drug-likeness (QED) is 0.400. The van der Waals surface area contributed by atoms with Gasteiger partial charge in [0.1, 0.15) is 18.1 Å². The van der Waals surface area contributed by atoms with Crippen molar-refractivity contribution in [2.24, 2.45) is 5.92 Å². The van der Waals surface area contributed by atoms with E-state index in [1.807, 2.05) is 24.3 Å². The molecule has 0 spiro atoms. The molecule has 3 aromatic rings. The highest BCUT2D eigenvalue weighted by Crippen LogP contribution is 2.37. The van der Waals surface area contributed by atoms with Gasteiger partial charge in [0.2, 0.25) is 0 Å². The molecule has 5 nitrogen and oxygen atoms in total. The van der Waals surface area contributed by atoms with Gasteiger partial charge in [-0.05, 0) is 48.6 Å². The number of aromatic nitrogens is 1. The van der Waals surface area contributed by atoms with E-state index in [-0.39, 0.29) is 10.8 Å². The van der Waals surface area contributed by atoms with Gasteiger partial charge in [0.15, 0.2) is 11.6 Å². The van der Waals surface area contributed by atoms with E-state index in [0.29, 0.717) is 22.3 Å². The van der Waals surface area contributed by atoms with Crippen LogP contribution >= 0.6 is 23.2 Å². The van der Waals surface area contributed by atoms with Crippen LogP contribution in [0.1, 0.15) is 43.7 Å². The number of nitrogens with zero attached hydrogens (tertiary/aromatic N) is 2. The first-order valence-corrected chi connectivity index (χ1v) is 11.6. The highest BCUT2D eigenvalue weighted by Gasteiger charge is 2.25. The van der Waals surface area contributed by atoms with E-state index >= 15 is 0 Å². The average molecular weight is 490 g/mol. The molecule has 3 N–H and O–H groups in total. The Bertz CT molecular complexity index is 1140. The third kappa shape index (κ3) is 5.09. The maximum absolute atomic E-state index is 13.9. The normalized spacial score (nSPS) is 18.3. The van der Waals surface area contributed by atoms with Crippen molar-refractivity contribution in [3.63, 3.8) is 0 Å². The molecule has 2 heterocycles. The number of benzene rings is 2. The molecule has 0 bridgehead atoms. The highest BCUT2D eigenvalue weighted by atomic mass is 35.5. The monoisotopic (exact) mass is 489 g/mol. The molecule has 1 aliphatic heterocycles. The van der Waals surface area contributed by atoms with Crippen LogP contribution in [-0.2, 0) is 0 Å². The molecule has 8 heteroatoms. The summed E-state index contributed by atoms with van der Waals surface area (Å²) in [5.74, 6) is 0.561. The number of ether oxygens (including phenoxy) is 1. The molecule has 1 aliphatic rings. The van der Waals surface area contributed by atoms with Gasteiger partial charge in [-0.3, -0.25) is 4.90 Å². The number of likely N-dealkylation sites (tertiary alicyclic amines) is 1. The van der Waals surface area contributed by atoms with Crippen molar-refractivity contribution in [2.45, 2.75) is 32.6 Å². The zero-order valence-electron chi connectivity index (χ0n) is 18.4. The van der Waals surface area contributed by atoms with E-state index in [9.17, 15) is 9.50 Å². The molecule has 1 fully saturated rings. The summed E-state index contributed by atoms with van der Waals surface area (Å²) in [5, 5.41) is 10.9. The minimum atomic E-state index is -0.652. The molecular weight excluding hydrogens is 464 g/mol. The van der Waals surface area contributed by atoms with Gasteiger partial charge in [-0.2, -0.15) is 0 Å². The second kappa shape index (κ2) is 9.85. The zero-order valence-corrected chi connectivity index (χ0v) is 19.9. The molecule has 0 saturated carbocycles. The summed E-state index contributed by atoms with van der Waals surface area (Å²) >= 11 is 12.3. The maximum Gasteiger partial charge on any atom is 0.166 e. The third-order valence-corrected chi connectivity index (χ3v) is 6.73. The minimum absolute atomic E-state index is 0.0840. The number of nitrogens with two attached hydrogens (primary N) is 1. The van der Waals surface area contributed by atoms with E-state index in [1.165, 1.54) is 12.1 Å². The van der Waals surface area contributed by atoms with Crippen LogP contribution in [0.25, 0.3) is 11.1 Å². The number of rotatable bonds is 6. The van der Waals surface area contributed by atoms with Crippen LogP contribution in [-0.4, -0.2) is 28.1 Å². The Hall–Kier alpha value is -2.38. The number of nitrogen functional groups attached to an aromatic ring is 1. The van der Waals surface area contributed by atoms with Crippen molar-refractivity contribution in [1.29, 1.82) is 0 Å². The number of anilines is 1. The molecule has 0 radical (unpaired) electrons. The number of pyridine rings is 1. The van der Waals surface area contributed by atoms with Gasteiger partial charge in [-0.25, -0.2) is 9.37 Å². The molecular formula is C25H26Cl2FN3O2. The van der Waals surface area contributed by atoms with Gasteiger partial charge in [0.05, 0.1) is 5.02 Å². The van der Waals surface area contributed by atoms with Gasteiger partial charge < -0.3 is 15.6 Å². The molecule has 3 unspecified atom stereocenters. The lowest BCUT2D eigenvalue weighted by atomic mass is 10.0. The number of halogens is 3. The van der Waals surface area contributed by atoms with E-state index in [1.54, 1.807) is 19.2 Å². The van der Waals surface area contributed by atoms with Crippen LogP contribution in [0.15, 0.2) is 48.7 Å². The van der Waals surface area contributed by atoms with Crippen LogP contribution in [0, 0.1) is 11.7 Å². The zero-order chi connectivity index (χ0) is 23.7. The SMILES string of the molecule is CC1CCN(C(O)c2ccc(-c3cnc(N)c(OC(C)c4c(Cl)ccc(F)c4Cl)c3)cc2)C1. The van der Waals surface area contributed by atoms with Crippen LogP contribution in [0.4, 0.5) is 10.2 Å². The molecule has 2 aromatic carbocycles. The Morgan fingerprint density at radius 2 is 1.91 bits per heavy atom. The molecule has 4 rings (SSSR count). The van der Waals surface area contributed by atoms with Gasteiger partial charge in [-0.15, -0.1) is 0 Å². The van der Waals surface area contributed by atoms with Crippen molar-refractivity contribution in [3.05, 3.63) is 75.7 Å². The fourth-order valence-electron chi connectivity index (χ4n) is 4.12. The van der Waals surface area contributed by atoms with Gasteiger partial charge in [-0.1, -0.05) is 54.4 Å². The van der Waals surface area contributed by atoms with Crippen molar-refractivity contribution in [1.82, 2.24) is 9.88 Å². The van der Waals surface area contributed by atoms with E-state index < -0.39 is 18.1 Å². The largest absolute Gasteiger partial charge is 0.482 e. The Labute approximate surface area is 202 Å². The summed E-state index contributed by atoms with van der Waals surface area (Å²) in [7, 11) is 0. The molecule has 1 saturated heterocycles. The molecule has 1 aromatic heterocycles. The van der Waals surface area contributed by atoms with Gasteiger partial charge in [0.25, 0.3) is 0 Å². The molecule has 33 heavy (non-hydrogen) atoms. The fourth-order valence-corrected chi connectivity index (χ4v) is 4.80. The van der Waals surface area contributed by atoms with Gasteiger partial charge >= 0.3 is 0 Å². The molecule has 174 valence electrons. The van der Waals surface area contributed by atoms with E-state index in [4.69, 9.17) is 33.7 Å². The first-order valence-electron chi connectivity index (χ1n) is 10.8. The van der Waals surface area contributed by atoms with Crippen LogP contribution in [0.2, 0.25) is 10.0 Å². The van der Waals surface area contributed by atoms with E-state index in [0.717, 1.165) is 36.2 Å². The van der Waals surface area contributed by atoms with Crippen molar-refractivity contribution in [3.8, 4) is 16.9 Å². The van der Waals surface area contributed by atoms with E-state index in [2.05, 4.69) is 16.8 Å². The lowest BCUT2D eigenvalue weighted by Crippen LogP contribution is -2.26.